The lowest BCUT2D eigenvalue weighted by atomic mass is 9.88. The van der Waals surface area contributed by atoms with E-state index in [1.54, 1.807) is 0 Å². The van der Waals surface area contributed by atoms with Crippen LogP contribution in [0, 0.1) is 5.92 Å². The van der Waals surface area contributed by atoms with Crippen LogP contribution in [0.15, 0.2) is 24.3 Å². The van der Waals surface area contributed by atoms with Crippen molar-refractivity contribution in [3.8, 4) is 0 Å². The molecule has 0 saturated carbocycles. The third kappa shape index (κ3) is 2.71. The molecule has 1 aromatic carbocycles. The second-order valence-corrected chi connectivity index (χ2v) is 6.88. The third-order valence-electron chi connectivity index (χ3n) is 4.99. The SMILES string of the molecule is CCCC1(CN2CC(C)Cc3ccccc32)CCCN1. The first kappa shape index (κ1) is 13.9. The first-order valence-electron chi connectivity index (χ1n) is 8.30. The van der Waals surface area contributed by atoms with Gasteiger partial charge in [-0.3, -0.25) is 0 Å². The van der Waals surface area contributed by atoms with Gasteiger partial charge in [0.25, 0.3) is 0 Å². The molecule has 1 saturated heterocycles. The van der Waals surface area contributed by atoms with Gasteiger partial charge >= 0.3 is 0 Å². The monoisotopic (exact) mass is 272 g/mol. The fourth-order valence-electron chi connectivity index (χ4n) is 4.20. The molecule has 2 unspecified atom stereocenters. The minimum atomic E-state index is 0.360. The van der Waals surface area contributed by atoms with E-state index in [0.717, 1.165) is 5.92 Å². The van der Waals surface area contributed by atoms with E-state index in [4.69, 9.17) is 0 Å². The van der Waals surface area contributed by atoms with Crippen molar-refractivity contribution in [1.29, 1.82) is 0 Å². The number of hydrogen-bond acceptors (Lipinski definition) is 2. The molecule has 2 aliphatic rings. The Morgan fingerprint density at radius 3 is 2.95 bits per heavy atom. The molecule has 0 bridgehead atoms. The minimum absolute atomic E-state index is 0.360. The summed E-state index contributed by atoms with van der Waals surface area (Å²) in [6, 6.07) is 9.00. The van der Waals surface area contributed by atoms with Crippen molar-refractivity contribution in [3.05, 3.63) is 29.8 Å². The van der Waals surface area contributed by atoms with Gasteiger partial charge in [0.2, 0.25) is 0 Å². The Bertz CT molecular complexity index is 448. The van der Waals surface area contributed by atoms with Crippen LogP contribution in [-0.2, 0) is 6.42 Å². The molecular formula is C18H28N2. The smallest absolute Gasteiger partial charge is 0.0399 e. The molecule has 1 aromatic rings. The molecule has 110 valence electrons. The summed E-state index contributed by atoms with van der Waals surface area (Å²) in [6.07, 6.45) is 6.50. The van der Waals surface area contributed by atoms with Crippen LogP contribution in [0.3, 0.4) is 0 Å². The minimum Gasteiger partial charge on any atom is -0.369 e. The molecule has 2 heteroatoms. The Kier molecular flexibility index (Phi) is 4.02. The quantitative estimate of drug-likeness (QED) is 0.901. The molecule has 3 rings (SSSR count). The van der Waals surface area contributed by atoms with Gasteiger partial charge in [0, 0.05) is 24.3 Å². The van der Waals surface area contributed by atoms with E-state index in [1.165, 1.54) is 63.0 Å². The highest BCUT2D eigenvalue weighted by Gasteiger charge is 2.36. The van der Waals surface area contributed by atoms with Crippen molar-refractivity contribution >= 4 is 5.69 Å². The summed E-state index contributed by atoms with van der Waals surface area (Å²) in [5, 5.41) is 3.82. The molecule has 0 aromatic heterocycles. The van der Waals surface area contributed by atoms with Gasteiger partial charge in [0.15, 0.2) is 0 Å². The average Bonchev–Trinajstić information content (AvgIpc) is 2.87. The first-order valence-corrected chi connectivity index (χ1v) is 8.30. The topological polar surface area (TPSA) is 15.3 Å². The van der Waals surface area contributed by atoms with Gasteiger partial charge in [-0.25, -0.2) is 0 Å². The summed E-state index contributed by atoms with van der Waals surface area (Å²) >= 11 is 0. The fourth-order valence-corrected chi connectivity index (χ4v) is 4.20. The van der Waals surface area contributed by atoms with Gasteiger partial charge in [-0.2, -0.15) is 0 Å². The molecular weight excluding hydrogens is 244 g/mol. The Hall–Kier alpha value is -1.02. The predicted octanol–water partition coefficient (Wildman–Crippen LogP) is 3.61. The summed E-state index contributed by atoms with van der Waals surface area (Å²) in [5.74, 6) is 0.768. The van der Waals surface area contributed by atoms with Crippen molar-refractivity contribution in [2.75, 3.05) is 24.5 Å². The molecule has 0 aliphatic carbocycles. The molecule has 1 fully saturated rings. The van der Waals surface area contributed by atoms with E-state index in [-0.39, 0.29) is 0 Å². The van der Waals surface area contributed by atoms with E-state index in [0.29, 0.717) is 5.54 Å². The Labute approximate surface area is 123 Å². The van der Waals surface area contributed by atoms with Crippen LogP contribution in [0.2, 0.25) is 0 Å². The number of anilines is 1. The van der Waals surface area contributed by atoms with Crippen LogP contribution in [0.25, 0.3) is 0 Å². The number of fused-ring (bicyclic) bond motifs is 1. The predicted molar refractivity (Wildman–Crippen MR) is 86.4 cm³/mol. The Morgan fingerprint density at radius 1 is 1.35 bits per heavy atom. The molecule has 2 atom stereocenters. The highest BCUT2D eigenvalue weighted by atomic mass is 15.2. The highest BCUT2D eigenvalue weighted by molar-refractivity contribution is 5.56. The lowest BCUT2D eigenvalue weighted by molar-refractivity contribution is 0.335. The number of nitrogens with zero attached hydrogens (tertiary/aromatic N) is 1. The highest BCUT2D eigenvalue weighted by Crippen LogP contribution is 2.33. The maximum Gasteiger partial charge on any atom is 0.0399 e. The first-order chi connectivity index (χ1) is 9.72. The van der Waals surface area contributed by atoms with E-state index in [9.17, 15) is 0 Å². The third-order valence-corrected chi connectivity index (χ3v) is 4.99. The van der Waals surface area contributed by atoms with Gasteiger partial charge < -0.3 is 10.2 Å². The average molecular weight is 272 g/mol. The van der Waals surface area contributed by atoms with Crippen molar-refractivity contribution in [2.24, 2.45) is 5.92 Å². The summed E-state index contributed by atoms with van der Waals surface area (Å²) < 4.78 is 0. The summed E-state index contributed by atoms with van der Waals surface area (Å²) in [7, 11) is 0. The molecule has 20 heavy (non-hydrogen) atoms. The zero-order chi connectivity index (χ0) is 14.0. The molecule has 0 radical (unpaired) electrons. The van der Waals surface area contributed by atoms with Gasteiger partial charge in [0.05, 0.1) is 0 Å². The Morgan fingerprint density at radius 2 is 2.20 bits per heavy atom. The van der Waals surface area contributed by atoms with Crippen LogP contribution < -0.4 is 10.2 Å². The molecule has 2 heterocycles. The van der Waals surface area contributed by atoms with E-state index >= 15 is 0 Å². The van der Waals surface area contributed by atoms with Crippen molar-refractivity contribution < 1.29 is 0 Å². The van der Waals surface area contributed by atoms with E-state index in [2.05, 4.69) is 48.3 Å². The zero-order valence-electron chi connectivity index (χ0n) is 13.0. The van der Waals surface area contributed by atoms with Crippen LogP contribution in [0.4, 0.5) is 5.69 Å². The van der Waals surface area contributed by atoms with E-state index in [1.807, 2.05) is 0 Å². The Balaban J connectivity index is 1.83. The number of hydrogen-bond donors (Lipinski definition) is 1. The van der Waals surface area contributed by atoms with Crippen LogP contribution >= 0.6 is 0 Å². The maximum atomic E-state index is 3.82. The van der Waals surface area contributed by atoms with E-state index < -0.39 is 0 Å². The van der Waals surface area contributed by atoms with Gasteiger partial charge in [-0.1, -0.05) is 38.5 Å². The molecule has 2 aliphatic heterocycles. The van der Waals surface area contributed by atoms with Gasteiger partial charge in [-0.15, -0.1) is 0 Å². The second-order valence-electron chi connectivity index (χ2n) is 6.88. The van der Waals surface area contributed by atoms with Crippen LogP contribution in [0.5, 0.6) is 0 Å². The van der Waals surface area contributed by atoms with Gasteiger partial charge in [-0.05, 0) is 49.8 Å². The van der Waals surface area contributed by atoms with Crippen molar-refractivity contribution in [2.45, 2.75) is 51.5 Å². The van der Waals surface area contributed by atoms with Gasteiger partial charge in [0.1, 0.15) is 0 Å². The van der Waals surface area contributed by atoms with Crippen LogP contribution in [0.1, 0.15) is 45.1 Å². The number of rotatable bonds is 4. The molecule has 0 amide bonds. The zero-order valence-corrected chi connectivity index (χ0v) is 13.0. The lowest BCUT2D eigenvalue weighted by Crippen LogP contribution is -2.52. The van der Waals surface area contributed by atoms with Crippen molar-refractivity contribution in [3.63, 3.8) is 0 Å². The molecule has 0 spiro atoms. The molecule has 2 nitrogen and oxygen atoms in total. The number of nitrogens with one attached hydrogen (secondary N) is 1. The lowest BCUT2D eigenvalue weighted by Gasteiger charge is -2.41. The largest absolute Gasteiger partial charge is 0.369 e. The normalized spacial score (nSPS) is 29.5. The van der Waals surface area contributed by atoms with Crippen molar-refractivity contribution in [1.82, 2.24) is 5.32 Å². The standard InChI is InChI=1S/C18H28N2/c1-3-9-18(10-6-11-19-18)14-20-13-15(2)12-16-7-4-5-8-17(16)20/h4-5,7-8,15,19H,3,6,9-14H2,1-2H3. The summed E-state index contributed by atoms with van der Waals surface area (Å²) in [5.41, 5.74) is 3.38. The summed E-state index contributed by atoms with van der Waals surface area (Å²) in [6.45, 7) is 8.30. The molecule has 1 N–H and O–H groups in total. The maximum absolute atomic E-state index is 3.82. The fraction of sp³-hybridized carbons (Fsp3) is 0.667. The second kappa shape index (κ2) is 5.77. The number of benzene rings is 1. The number of para-hydroxylation sites is 1. The summed E-state index contributed by atoms with van der Waals surface area (Å²) in [4.78, 5) is 2.65. The van der Waals surface area contributed by atoms with Crippen LogP contribution in [-0.4, -0.2) is 25.2 Å².